The first-order chi connectivity index (χ1) is 11.0. The van der Waals surface area contributed by atoms with E-state index in [0.717, 1.165) is 31.3 Å². The van der Waals surface area contributed by atoms with Crippen LogP contribution in [-0.2, 0) is 20.1 Å². The molecule has 0 amide bonds. The molecule has 0 aliphatic rings. The Morgan fingerprint density at radius 1 is 1.04 bits per heavy atom. The molecular formula is C13H12N2O7S2. The van der Waals surface area contributed by atoms with E-state index in [0.29, 0.717) is 4.31 Å². The number of para-hydroxylation sites is 1. The molecule has 0 unspecified atom stereocenters. The molecule has 0 atom stereocenters. The summed E-state index contributed by atoms with van der Waals surface area (Å²) in [5.41, 5.74) is -0.682. The summed E-state index contributed by atoms with van der Waals surface area (Å²) in [5, 5.41) is 11.0. The summed E-state index contributed by atoms with van der Waals surface area (Å²) in [6, 6.07) is 9.36. The molecule has 128 valence electrons. The highest BCUT2D eigenvalue weighted by molar-refractivity contribution is 7.93. The van der Waals surface area contributed by atoms with Crippen molar-refractivity contribution in [3.05, 3.63) is 58.6 Å². The summed E-state index contributed by atoms with van der Waals surface area (Å²) in [6.45, 7) is 0. The van der Waals surface area contributed by atoms with Gasteiger partial charge in [0.25, 0.3) is 25.8 Å². The number of nitro groups is 1. The molecule has 2 aromatic carbocycles. The molecule has 2 aromatic rings. The van der Waals surface area contributed by atoms with Crippen LogP contribution in [0.3, 0.4) is 0 Å². The van der Waals surface area contributed by atoms with Crippen LogP contribution < -0.4 is 4.31 Å². The number of nitro benzene ring substituents is 1. The van der Waals surface area contributed by atoms with Gasteiger partial charge in [-0.2, -0.15) is 8.42 Å². The van der Waals surface area contributed by atoms with E-state index in [-0.39, 0.29) is 5.69 Å². The van der Waals surface area contributed by atoms with E-state index < -0.39 is 40.5 Å². The van der Waals surface area contributed by atoms with Crippen molar-refractivity contribution in [1.29, 1.82) is 0 Å². The molecular weight excluding hydrogens is 360 g/mol. The summed E-state index contributed by atoms with van der Waals surface area (Å²) in [4.78, 5) is 9.17. The van der Waals surface area contributed by atoms with Gasteiger partial charge in [0, 0.05) is 13.1 Å². The number of hydrogen-bond acceptors (Lipinski definition) is 6. The van der Waals surface area contributed by atoms with Crippen LogP contribution in [0.5, 0.6) is 0 Å². The number of anilines is 1. The third-order valence-electron chi connectivity index (χ3n) is 3.18. The number of nitrogens with zero attached hydrogens (tertiary/aromatic N) is 2. The first-order valence-corrected chi connectivity index (χ1v) is 9.23. The average Bonchev–Trinajstić information content (AvgIpc) is 2.53. The van der Waals surface area contributed by atoms with E-state index in [1.54, 1.807) is 0 Å². The van der Waals surface area contributed by atoms with Gasteiger partial charge in [-0.05, 0) is 24.3 Å². The molecule has 0 radical (unpaired) electrons. The molecule has 9 nitrogen and oxygen atoms in total. The number of rotatable bonds is 5. The lowest BCUT2D eigenvalue weighted by molar-refractivity contribution is -0.387. The molecule has 0 aliphatic carbocycles. The van der Waals surface area contributed by atoms with Gasteiger partial charge < -0.3 is 0 Å². The first-order valence-electron chi connectivity index (χ1n) is 6.35. The molecule has 1 N–H and O–H groups in total. The molecule has 0 spiro atoms. The largest absolute Gasteiger partial charge is 0.294 e. The van der Waals surface area contributed by atoms with Gasteiger partial charge in [0.2, 0.25) is 0 Å². The van der Waals surface area contributed by atoms with Gasteiger partial charge in [-0.3, -0.25) is 19.0 Å². The second-order valence-electron chi connectivity index (χ2n) is 4.67. The Balaban J connectivity index is 2.58. The second-order valence-corrected chi connectivity index (χ2v) is 8.03. The van der Waals surface area contributed by atoms with Crippen molar-refractivity contribution in [2.45, 2.75) is 9.79 Å². The Kier molecular flexibility index (Phi) is 4.60. The molecule has 0 aromatic heterocycles. The molecule has 24 heavy (non-hydrogen) atoms. The van der Waals surface area contributed by atoms with Crippen LogP contribution in [0, 0.1) is 10.1 Å². The highest BCUT2D eigenvalue weighted by Gasteiger charge is 2.29. The predicted molar refractivity (Wildman–Crippen MR) is 84.9 cm³/mol. The molecule has 0 saturated heterocycles. The number of benzene rings is 2. The third kappa shape index (κ3) is 3.37. The Hall–Kier alpha value is -2.50. The Labute approximate surface area is 138 Å². The fraction of sp³-hybridized carbons (Fsp3) is 0.0769. The summed E-state index contributed by atoms with van der Waals surface area (Å²) in [6.07, 6.45) is 0. The zero-order valence-corrected chi connectivity index (χ0v) is 13.9. The van der Waals surface area contributed by atoms with Gasteiger partial charge >= 0.3 is 0 Å². The van der Waals surface area contributed by atoms with Crippen LogP contribution in [0.2, 0.25) is 0 Å². The second kappa shape index (κ2) is 6.19. The van der Waals surface area contributed by atoms with E-state index in [2.05, 4.69) is 0 Å². The molecule has 0 aliphatic heterocycles. The highest BCUT2D eigenvalue weighted by atomic mass is 32.2. The fourth-order valence-electron chi connectivity index (χ4n) is 1.95. The molecule has 2 rings (SSSR count). The summed E-state index contributed by atoms with van der Waals surface area (Å²) < 4.78 is 57.3. The quantitative estimate of drug-likeness (QED) is 0.479. The van der Waals surface area contributed by atoms with Crippen LogP contribution in [0.1, 0.15) is 0 Å². The van der Waals surface area contributed by atoms with Gasteiger partial charge in [0.15, 0.2) is 4.90 Å². The van der Waals surface area contributed by atoms with Crippen molar-refractivity contribution in [2.75, 3.05) is 11.4 Å². The van der Waals surface area contributed by atoms with Crippen molar-refractivity contribution in [3.8, 4) is 0 Å². The smallest absolute Gasteiger partial charge is 0.282 e. The van der Waals surface area contributed by atoms with Crippen LogP contribution in [0.4, 0.5) is 11.4 Å². The zero-order chi connectivity index (χ0) is 18.1. The van der Waals surface area contributed by atoms with Gasteiger partial charge in [0.05, 0.1) is 15.5 Å². The topological polar surface area (TPSA) is 135 Å². The van der Waals surface area contributed by atoms with Crippen LogP contribution in [0.25, 0.3) is 0 Å². The van der Waals surface area contributed by atoms with E-state index in [1.165, 1.54) is 24.3 Å². The average molecular weight is 372 g/mol. The monoisotopic (exact) mass is 372 g/mol. The van der Waals surface area contributed by atoms with Gasteiger partial charge in [-0.15, -0.1) is 0 Å². The fourth-order valence-corrected chi connectivity index (χ4v) is 3.82. The minimum absolute atomic E-state index is 0.0803. The lowest BCUT2D eigenvalue weighted by Crippen LogP contribution is -2.27. The van der Waals surface area contributed by atoms with Gasteiger partial charge in [0.1, 0.15) is 0 Å². The van der Waals surface area contributed by atoms with E-state index in [4.69, 9.17) is 4.55 Å². The van der Waals surface area contributed by atoms with Crippen LogP contribution in [0.15, 0.2) is 58.3 Å². The molecule has 0 fully saturated rings. The van der Waals surface area contributed by atoms with Gasteiger partial charge in [-0.1, -0.05) is 18.2 Å². The van der Waals surface area contributed by atoms with E-state index >= 15 is 0 Å². The lowest BCUT2D eigenvalue weighted by atomic mass is 10.3. The van der Waals surface area contributed by atoms with E-state index in [1.807, 2.05) is 0 Å². The highest BCUT2D eigenvalue weighted by Crippen LogP contribution is 2.29. The predicted octanol–water partition coefficient (Wildman–Crippen LogP) is 1.67. The number of sulfonamides is 1. The maximum absolute atomic E-state index is 12.6. The van der Waals surface area contributed by atoms with Crippen molar-refractivity contribution in [2.24, 2.45) is 0 Å². The van der Waals surface area contributed by atoms with Crippen LogP contribution >= 0.6 is 0 Å². The lowest BCUT2D eigenvalue weighted by Gasteiger charge is -2.19. The third-order valence-corrected chi connectivity index (χ3v) is 5.86. The molecule has 11 heteroatoms. The summed E-state index contributed by atoms with van der Waals surface area (Å²) in [7, 11) is -7.71. The molecule has 0 saturated carbocycles. The molecule has 0 bridgehead atoms. The number of hydrogen-bond donors (Lipinski definition) is 1. The molecule has 0 heterocycles. The maximum atomic E-state index is 12.6. The normalized spacial score (nSPS) is 11.9. The summed E-state index contributed by atoms with van der Waals surface area (Å²) in [5.74, 6) is 0. The first kappa shape index (κ1) is 17.8. The minimum Gasteiger partial charge on any atom is -0.282 e. The van der Waals surface area contributed by atoms with Crippen molar-refractivity contribution in [1.82, 2.24) is 0 Å². The standard InChI is InChI=1S/C13H12N2O7S2/c1-14(10-5-4-6-11(9-10)24(20,21)22)23(18,19)13-8-3-2-7-12(13)15(16)17/h2-9H,1H3,(H,20,21,22). The summed E-state index contributed by atoms with van der Waals surface area (Å²) >= 11 is 0. The Morgan fingerprint density at radius 2 is 1.67 bits per heavy atom. The maximum Gasteiger partial charge on any atom is 0.294 e. The van der Waals surface area contributed by atoms with Gasteiger partial charge in [-0.25, -0.2) is 8.42 Å². The SMILES string of the molecule is CN(c1cccc(S(=O)(=O)O)c1)S(=O)(=O)c1ccccc1[N+](=O)[O-]. The van der Waals surface area contributed by atoms with E-state index in [9.17, 15) is 26.9 Å². The van der Waals surface area contributed by atoms with Crippen molar-refractivity contribution >= 4 is 31.5 Å². The van der Waals surface area contributed by atoms with Crippen molar-refractivity contribution in [3.63, 3.8) is 0 Å². The van der Waals surface area contributed by atoms with Crippen molar-refractivity contribution < 1.29 is 26.3 Å². The minimum atomic E-state index is -4.52. The Morgan fingerprint density at radius 3 is 2.25 bits per heavy atom. The Bertz CT molecular complexity index is 1000. The van der Waals surface area contributed by atoms with Crippen LogP contribution in [-0.4, -0.2) is 33.4 Å². The zero-order valence-electron chi connectivity index (χ0n) is 12.2.